The lowest BCUT2D eigenvalue weighted by molar-refractivity contribution is -0.132. The van der Waals surface area contributed by atoms with Crippen molar-refractivity contribution >= 4 is 22.3 Å². The molecule has 20 heavy (non-hydrogen) atoms. The number of hydrogen-bond acceptors (Lipinski definition) is 1. The van der Waals surface area contributed by atoms with Gasteiger partial charge < -0.3 is 5.11 Å². The fourth-order valence-electron chi connectivity index (χ4n) is 2.41. The van der Waals surface area contributed by atoms with Crippen LogP contribution in [0, 0.1) is 0 Å². The summed E-state index contributed by atoms with van der Waals surface area (Å²) in [5.41, 5.74) is 2.40. The Morgan fingerprint density at radius 2 is 1.80 bits per heavy atom. The normalized spacial score (nSPS) is 12.3. The molecule has 2 rings (SSSR count). The molecule has 0 heterocycles. The number of fused-ring (bicyclic) bond motifs is 1. The average molecular weight is 268 g/mol. The maximum absolute atomic E-state index is 11.4. The molecule has 0 aromatic heterocycles. The van der Waals surface area contributed by atoms with Gasteiger partial charge in [0, 0.05) is 5.57 Å². The van der Waals surface area contributed by atoms with E-state index in [1.807, 2.05) is 31.2 Å². The van der Waals surface area contributed by atoms with Gasteiger partial charge in [0.25, 0.3) is 0 Å². The number of rotatable bonds is 5. The van der Waals surface area contributed by atoms with Crippen molar-refractivity contribution in [2.45, 2.75) is 33.1 Å². The van der Waals surface area contributed by atoms with E-state index in [0.29, 0.717) is 12.0 Å². The van der Waals surface area contributed by atoms with Crippen LogP contribution in [0.3, 0.4) is 0 Å². The molecule has 2 nitrogen and oxygen atoms in total. The molecular formula is C18H20O2. The van der Waals surface area contributed by atoms with Gasteiger partial charge in [-0.2, -0.15) is 0 Å². The van der Waals surface area contributed by atoms with E-state index in [1.54, 1.807) is 0 Å². The van der Waals surface area contributed by atoms with E-state index in [2.05, 4.69) is 25.1 Å². The molecule has 0 amide bonds. The summed E-state index contributed by atoms with van der Waals surface area (Å²) in [5, 5.41) is 11.7. The fraction of sp³-hybridized carbons (Fsp3) is 0.278. The Hall–Kier alpha value is -2.09. The van der Waals surface area contributed by atoms with Crippen LogP contribution in [0.2, 0.25) is 0 Å². The number of carboxylic acids is 1. The molecule has 0 saturated heterocycles. The van der Waals surface area contributed by atoms with Gasteiger partial charge in [-0.05, 0) is 47.7 Å². The van der Waals surface area contributed by atoms with Crippen molar-refractivity contribution in [2.24, 2.45) is 0 Å². The number of carboxylic acid groups (broad SMARTS) is 1. The van der Waals surface area contributed by atoms with Crippen LogP contribution in [0.1, 0.15) is 38.7 Å². The van der Waals surface area contributed by atoms with E-state index in [4.69, 9.17) is 0 Å². The minimum absolute atomic E-state index is 0.530. The predicted octanol–water partition coefficient (Wildman–Crippen LogP) is 4.89. The summed E-state index contributed by atoms with van der Waals surface area (Å²) in [6.45, 7) is 3.98. The third-order valence-corrected chi connectivity index (χ3v) is 3.67. The zero-order valence-corrected chi connectivity index (χ0v) is 12.0. The zero-order valence-electron chi connectivity index (χ0n) is 12.0. The maximum Gasteiger partial charge on any atom is 0.331 e. The fourth-order valence-corrected chi connectivity index (χ4v) is 2.41. The average Bonchev–Trinajstić information content (AvgIpc) is 2.46. The topological polar surface area (TPSA) is 37.3 Å². The molecule has 0 aliphatic heterocycles. The maximum atomic E-state index is 11.4. The largest absolute Gasteiger partial charge is 0.478 e. The second-order valence-corrected chi connectivity index (χ2v) is 5.07. The lowest BCUT2D eigenvalue weighted by Gasteiger charge is -2.09. The summed E-state index contributed by atoms with van der Waals surface area (Å²) in [6, 6.07) is 14.3. The molecule has 0 aliphatic rings. The summed E-state index contributed by atoms with van der Waals surface area (Å²) >= 11 is 0. The second-order valence-electron chi connectivity index (χ2n) is 5.07. The molecule has 0 radical (unpaired) electrons. The van der Waals surface area contributed by atoms with Crippen LogP contribution in [0.15, 0.2) is 48.0 Å². The summed E-state index contributed by atoms with van der Waals surface area (Å²) in [7, 11) is 0. The molecule has 0 spiro atoms. The SMILES string of the molecule is CCCC/C(C(=O)O)=C(/C)c1ccc2ccccc2c1. The molecule has 2 heteroatoms. The first-order valence-corrected chi connectivity index (χ1v) is 7.05. The van der Waals surface area contributed by atoms with Crippen LogP contribution in [0.4, 0.5) is 0 Å². The molecule has 0 unspecified atom stereocenters. The van der Waals surface area contributed by atoms with Crippen molar-refractivity contribution < 1.29 is 9.90 Å². The molecule has 0 fully saturated rings. The minimum Gasteiger partial charge on any atom is -0.478 e. The van der Waals surface area contributed by atoms with E-state index >= 15 is 0 Å². The van der Waals surface area contributed by atoms with Crippen LogP contribution >= 0.6 is 0 Å². The Morgan fingerprint density at radius 3 is 2.45 bits per heavy atom. The quantitative estimate of drug-likeness (QED) is 0.784. The highest BCUT2D eigenvalue weighted by molar-refractivity contribution is 5.97. The molecule has 1 N–H and O–H groups in total. The van der Waals surface area contributed by atoms with Crippen molar-refractivity contribution in [3.63, 3.8) is 0 Å². The van der Waals surface area contributed by atoms with Crippen LogP contribution < -0.4 is 0 Å². The van der Waals surface area contributed by atoms with Crippen molar-refractivity contribution in [1.29, 1.82) is 0 Å². The van der Waals surface area contributed by atoms with Gasteiger partial charge in [0.2, 0.25) is 0 Å². The number of aliphatic carboxylic acids is 1. The first-order chi connectivity index (χ1) is 9.63. The Balaban J connectivity index is 2.46. The predicted molar refractivity (Wildman–Crippen MR) is 83.7 cm³/mol. The van der Waals surface area contributed by atoms with Gasteiger partial charge in [-0.3, -0.25) is 0 Å². The van der Waals surface area contributed by atoms with Gasteiger partial charge >= 0.3 is 5.97 Å². The monoisotopic (exact) mass is 268 g/mol. The summed E-state index contributed by atoms with van der Waals surface area (Å²) in [6.07, 6.45) is 2.54. The van der Waals surface area contributed by atoms with E-state index in [0.717, 1.165) is 29.4 Å². The van der Waals surface area contributed by atoms with Gasteiger partial charge in [-0.15, -0.1) is 0 Å². The smallest absolute Gasteiger partial charge is 0.331 e. The van der Waals surface area contributed by atoms with Crippen LogP contribution in [0.25, 0.3) is 16.3 Å². The van der Waals surface area contributed by atoms with Gasteiger partial charge in [0.15, 0.2) is 0 Å². The Kier molecular flexibility index (Phi) is 4.57. The van der Waals surface area contributed by atoms with E-state index in [1.165, 1.54) is 5.39 Å². The van der Waals surface area contributed by atoms with Crippen molar-refractivity contribution in [1.82, 2.24) is 0 Å². The van der Waals surface area contributed by atoms with Crippen molar-refractivity contribution in [2.75, 3.05) is 0 Å². The summed E-state index contributed by atoms with van der Waals surface area (Å²) in [4.78, 5) is 11.4. The zero-order chi connectivity index (χ0) is 14.5. The number of unbranched alkanes of at least 4 members (excludes halogenated alkanes) is 1. The third-order valence-electron chi connectivity index (χ3n) is 3.67. The molecule has 0 saturated carbocycles. The highest BCUT2D eigenvalue weighted by Crippen LogP contribution is 2.25. The van der Waals surface area contributed by atoms with E-state index in [9.17, 15) is 9.90 Å². The van der Waals surface area contributed by atoms with Crippen molar-refractivity contribution in [3.8, 4) is 0 Å². The molecule has 2 aromatic carbocycles. The molecular weight excluding hydrogens is 248 g/mol. The molecule has 0 aliphatic carbocycles. The Morgan fingerprint density at radius 1 is 1.10 bits per heavy atom. The molecule has 2 aromatic rings. The lowest BCUT2D eigenvalue weighted by atomic mass is 9.96. The number of allylic oxidation sites excluding steroid dienone is 1. The number of carbonyl (C=O) groups is 1. The Bertz CT molecular complexity index is 653. The van der Waals surface area contributed by atoms with Gasteiger partial charge in [-0.25, -0.2) is 4.79 Å². The van der Waals surface area contributed by atoms with Gasteiger partial charge in [0.05, 0.1) is 0 Å². The van der Waals surface area contributed by atoms with Crippen LogP contribution in [0.5, 0.6) is 0 Å². The molecule has 104 valence electrons. The van der Waals surface area contributed by atoms with E-state index < -0.39 is 5.97 Å². The molecule has 0 bridgehead atoms. The highest BCUT2D eigenvalue weighted by Gasteiger charge is 2.12. The van der Waals surface area contributed by atoms with Crippen LogP contribution in [-0.4, -0.2) is 11.1 Å². The first kappa shape index (κ1) is 14.3. The second kappa shape index (κ2) is 6.38. The third kappa shape index (κ3) is 3.08. The lowest BCUT2D eigenvalue weighted by Crippen LogP contribution is -2.03. The molecule has 0 atom stereocenters. The summed E-state index contributed by atoms with van der Waals surface area (Å²) in [5.74, 6) is -0.802. The number of hydrogen-bond donors (Lipinski definition) is 1. The van der Waals surface area contributed by atoms with Crippen molar-refractivity contribution in [3.05, 3.63) is 53.6 Å². The van der Waals surface area contributed by atoms with E-state index in [-0.39, 0.29) is 0 Å². The van der Waals surface area contributed by atoms with Crippen LogP contribution in [-0.2, 0) is 4.79 Å². The highest BCUT2D eigenvalue weighted by atomic mass is 16.4. The number of benzene rings is 2. The minimum atomic E-state index is -0.802. The van der Waals surface area contributed by atoms with Gasteiger partial charge in [0.1, 0.15) is 0 Å². The standard InChI is InChI=1S/C18H20O2/c1-3-4-9-17(18(19)20)13(2)15-11-10-14-7-5-6-8-16(14)12-15/h5-8,10-12H,3-4,9H2,1-2H3,(H,19,20)/b17-13+. The summed E-state index contributed by atoms with van der Waals surface area (Å²) < 4.78 is 0. The van der Waals surface area contributed by atoms with Gasteiger partial charge in [-0.1, -0.05) is 49.7 Å². The first-order valence-electron chi connectivity index (χ1n) is 7.05. The Labute approximate surface area is 119 Å².